The molecule has 1 unspecified atom stereocenters. The molecular formula is C17H25NO4. The molecule has 1 aromatic rings. The van der Waals surface area contributed by atoms with Gasteiger partial charge < -0.3 is 9.47 Å². The third-order valence-corrected chi connectivity index (χ3v) is 3.42. The summed E-state index contributed by atoms with van der Waals surface area (Å²) in [6.45, 7) is 9.13. The second kappa shape index (κ2) is 7.94. The van der Waals surface area contributed by atoms with E-state index in [4.69, 9.17) is 9.47 Å². The fourth-order valence-corrected chi connectivity index (χ4v) is 2.30. The fourth-order valence-electron chi connectivity index (χ4n) is 2.30. The number of carbonyl (C=O) groups excluding carboxylic acids is 2. The maximum Gasteiger partial charge on any atom is 0.328 e. The lowest BCUT2D eigenvalue weighted by molar-refractivity contribution is -0.143. The topological polar surface area (TPSA) is 55.8 Å². The second-order valence-electron chi connectivity index (χ2n) is 5.56. The summed E-state index contributed by atoms with van der Waals surface area (Å²) in [5, 5.41) is 0. The van der Waals surface area contributed by atoms with Crippen LogP contribution in [0.3, 0.4) is 0 Å². The average Bonchev–Trinajstić information content (AvgIpc) is 2.47. The van der Waals surface area contributed by atoms with Crippen LogP contribution in [-0.4, -0.2) is 37.7 Å². The summed E-state index contributed by atoms with van der Waals surface area (Å²) in [5.41, 5.74) is 2.58. The molecule has 0 saturated heterocycles. The molecule has 0 aliphatic carbocycles. The number of hydrogen-bond donors (Lipinski definition) is 0. The van der Waals surface area contributed by atoms with Crippen LogP contribution in [0.4, 0.5) is 5.69 Å². The molecule has 0 aliphatic rings. The van der Waals surface area contributed by atoms with Crippen LogP contribution in [0.5, 0.6) is 0 Å². The Morgan fingerprint density at radius 3 is 2.14 bits per heavy atom. The number of benzene rings is 1. The van der Waals surface area contributed by atoms with Crippen molar-refractivity contribution in [3.05, 3.63) is 29.3 Å². The van der Waals surface area contributed by atoms with Gasteiger partial charge in [-0.3, -0.25) is 9.69 Å². The minimum absolute atomic E-state index is 0.0581. The molecule has 5 nitrogen and oxygen atoms in total. The standard InChI is InChI=1S/C17H25NO4/c1-11(2)22-10-15(19)18(14(5)17(20)21-6)16-12(3)8-7-9-13(16)4/h7-9,11,14H,10H2,1-6H3. The first-order valence-corrected chi connectivity index (χ1v) is 7.37. The van der Waals surface area contributed by atoms with E-state index in [2.05, 4.69) is 0 Å². The van der Waals surface area contributed by atoms with E-state index < -0.39 is 12.0 Å². The predicted octanol–water partition coefficient (Wildman–Crippen LogP) is 2.62. The lowest BCUT2D eigenvalue weighted by Crippen LogP contribution is -2.46. The minimum Gasteiger partial charge on any atom is -0.467 e. The Labute approximate surface area is 132 Å². The molecule has 1 amide bonds. The SMILES string of the molecule is COC(=O)C(C)N(C(=O)COC(C)C)c1c(C)cccc1C. The van der Waals surface area contributed by atoms with E-state index in [1.54, 1.807) is 6.92 Å². The first-order chi connectivity index (χ1) is 10.3. The van der Waals surface area contributed by atoms with Crippen LogP contribution in [0.2, 0.25) is 0 Å². The van der Waals surface area contributed by atoms with Gasteiger partial charge >= 0.3 is 5.97 Å². The number of aryl methyl sites for hydroxylation is 2. The van der Waals surface area contributed by atoms with E-state index >= 15 is 0 Å². The molecule has 0 spiro atoms. The van der Waals surface area contributed by atoms with E-state index in [9.17, 15) is 9.59 Å². The number of ether oxygens (including phenoxy) is 2. The van der Waals surface area contributed by atoms with Gasteiger partial charge in [0.05, 0.1) is 18.9 Å². The molecule has 122 valence electrons. The van der Waals surface area contributed by atoms with Crippen molar-refractivity contribution in [1.29, 1.82) is 0 Å². The molecule has 0 aliphatic heterocycles. The fraction of sp³-hybridized carbons (Fsp3) is 0.529. The van der Waals surface area contributed by atoms with Crippen LogP contribution in [0, 0.1) is 13.8 Å². The van der Waals surface area contributed by atoms with E-state index in [-0.39, 0.29) is 18.6 Å². The van der Waals surface area contributed by atoms with Gasteiger partial charge in [-0.25, -0.2) is 4.79 Å². The number of amides is 1. The van der Waals surface area contributed by atoms with Crippen molar-refractivity contribution in [3.63, 3.8) is 0 Å². The van der Waals surface area contributed by atoms with Gasteiger partial charge in [-0.15, -0.1) is 0 Å². The van der Waals surface area contributed by atoms with Gasteiger partial charge in [0.2, 0.25) is 0 Å². The van der Waals surface area contributed by atoms with Crippen molar-refractivity contribution in [1.82, 2.24) is 0 Å². The molecule has 22 heavy (non-hydrogen) atoms. The molecule has 1 aromatic carbocycles. The quantitative estimate of drug-likeness (QED) is 0.758. The van der Waals surface area contributed by atoms with Crippen LogP contribution in [-0.2, 0) is 19.1 Å². The lowest BCUT2D eigenvalue weighted by atomic mass is 10.1. The summed E-state index contributed by atoms with van der Waals surface area (Å²) in [7, 11) is 1.32. The highest BCUT2D eigenvalue weighted by Gasteiger charge is 2.30. The highest BCUT2D eigenvalue weighted by Crippen LogP contribution is 2.27. The minimum atomic E-state index is -0.715. The Kier molecular flexibility index (Phi) is 6.56. The Balaban J connectivity index is 3.22. The molecule has 0 heterocycles. The summed E-state index contributed by atoms with van der Waals surface area (Å²) >= 11 is 0. The zero-order valence-electron chi connectivity index (χ0n) is 14.2. The smallest absolute Gasteiger partial charge is 0.328 e. The third kappa shape index (κ3) is 4.31. The van der Waals surface area contributed by atoms with Crippen molar-refractivity contribution >= 4 is 17.6 Å². The Hall–Kier alpha value is -1.88. The zero-order chi connectivity index (χ0) is 16.9. The number of para-hydroxylation sites is 1. The third-order valence-electron chi connectivity index (χ3n) is 3.42. The van der Waals surface area contributed by atoms with Crippen molar-refractivity contribution in [2.45, 2.75) is 46.8 Å². The second-order valence-corrected chi connectivity index (χ2v) is 5.56. The molecule has 5 heteroatoms. The molecular weight excluding hydrogens is 282 g/mol. The number of hydrogen-bond acceptors (Lipinski definition) is 4. The van der Waals surface area contributed by atoms with Gasteiger partial charge in [0.1, 0.15) is 12.6 Å². The maximum absolute atomic E-state index is 12.6. The summed E-state index contributed by atoms with van der Waals surface area (Å²) < 4.78 is 10.2. The molecule has 0 bridgehead atoms. The summed E-state index contributed by atoms with van der Waals surface area (Å²) in [6.07, 6.45) is -0.0581. The monoisotopic (exact) mass is 307 g/mol. The van der Waals surface area contributed by atoms with Crippen molar-refractivity contribution in [2.24, 2.45) is 0 Å². The summed E-state index contributed by atoms with van der Waals surface area (Å²) in [6, 6.07) is 5.03. The highest BCUT2D eigenvalue weighted by atomic mass is 16.5. The number of esters is 1. The van der Waals surface area contributed by atoms with Crippen LogP contribution in [0.1, 0.15) is 31.9 Å². The molecule has 1 atom stereocenters. The number of nitrogens with zero attached hydrogens (tertiary/aromatic N) is 1. The van der Waals surface area contributed by atoms with Crippen LogP contribution in [0.25, 0.3) is 0 Å². The number of carbonyl (C=O) groups is 2. The van der Waals surface area contributed by atoms with Gasteiger partial charge in [0.25, 0.3) is 5.91 Å². The first kappa shape index (κ1) is 18.2. The predicted molar refractivity (Wildman–Crippen MR) is 86.0 cm³/mol. The molecule has 0 fully saturated rings. The Bertz CT molecular complexity index is 519. The largest absolute Gasteiger partial charge is 0.467 e. The first-order valence-electron chi connectivity index (χ1n) is 7.37. The molecule has 1 rings (SSSR count). The van der Waals surface area contributed by atoms with Crippen molar-refractivity contribution in [2.75, 3.05) is 18.6 Å². The summed E-state index contributed by atoms with van der Waals surface area (Å²) in [4.78, 5) is 26.0. The van der Waals surface area contributed by atoms with Crippen molar-refractivity contribution < 1.29 is 19.1 Å². The Morgan fingerprint density at radius 1 is 1.14 bits per heavy atom. The number of anilines is 1. The van der Waals surface area contributed by atoms with Crippen LogP contribution >= 0.6 is 0 Å². The van der Waals surface area contributed by atoms with E-state index in [1.807, 2.05) is 45.9 Å². The number of rotatable bonds is 6. The normalized spacial score (nSPS) is 12.1. The molecule has 0 saturated carbocycles. The molecule has 0 radical (unpaired) electrons. The maximum atomic E-state index is 12.6. The van der Waals surface area contributed by atoms with Gasteiger partial charge in [-0.05, 0) is 45.7 Å². The van der Waals surface area contributed by atoms with E-state index in [0.717, 1.165) is 16.8 Å². The lowest BCUT2D eigenvalue weighted by Gasteiger charge is -2.30. The van der Waals surface area contributed by atoms with Gasteiger partial charge in [0, 0.05) is 0 Å². The average molecular weight is 307 g/mol. The van der Waals surface area contributed by atoms with E-state index in [0.29, 0.717) is 0 Å². The van der Waals surface area contributed by atoms with E-state index in [1.165, 1.54) is 12.0 Å². The van der Waals surface area contributed by atoms with Gasteiger partial charge in [-0.2, -0.15) is 0 Å². The van der Waals surface area contributed by atoms with Gasteiger partial charge in [0.15, 0.2) is 0 Å². The highest BCUT2D eigenvalue weighted by molar-refractivity contribution is 6.01. The molecule has 0 N–H and O–H groups in total. The number of methoxy groups -OCH3 is 1. The zero-order valence-corrected chi connectivity index (χ0v) is 14.2. The molecule has 0 aromatic heterocycles. The van der Waals surface area contributed by atoms with Crippen molar-refractivity contribution in [3.8, 4) is 0 Å². The Morgan fingerprint density at radius 2 is 1.68 bits per heavy atom. The van der Waals surface area contributed by atoms with Crippen LogP contribution < -0.4 is 4.90 Å². The summed E-state index contributed by atoms with van der Waals surface area (Å²) in [5.74, 6) is -0.718. The van der Waals surface area contributed by atoms with Gasteiger partial charge in [-0.1, -0.05) is 18.2 Å². The van der Waals surface area contributed by atoms with Crippen LogP contribution in [0.15, 0.2) is 18.2 Å².